The van der Waals surface area contributed by atoms with Crippen LogP contribution >= 0.6 is 0 Å². The number of benzene rings is 1. The van der Waals surface area contributed by atoms with E-state index in [1.54, 1.807) is 6.08 Å². The van der Waals surface area contributed by atoms with Crippen LogP contribution in [0, 0.1) is 0 Å². The average molecular weight is 383 g/mol. The zero-order chi connectivity index (χ0) is 19.9. The van der Waals surface area contributed by atoms with Gasteiger partial charge in [-0.1, -0.05) is 38.8 Å². The Bertz CT molecular complexity index is 864. The van der Waals surface area contributed by atoms with Gasteiger partial charge in [-0.05, 0) is 49.8 Å². The molecule has 2 aliphatic heterocycles. The van der Waals surface area contributed by atoms with Gasteiger partial charge in [-0.3, -0.25) is 0 Å². The molecule has 2 atom stereocenters. The van der Waals surface area contributed by atoms with Crippen LogP contribution in [0.4, 0.5) is 0 Å². The van der Waals surface area contributed by atoms with Crippen molar-refractivity contribution in [2.45, 2.75) is 77.2 Å². The predicted octanol–water partition coefficient (Wildman–Crippen LogP) is 5.34. The molecule has 0 spiro atoms. The topological polar surface area (TPSA) is 55.8 Å². The largest absolute Gasteiger partial charge is 0.492 e. The van der Waals surface area contributed by atoms with Crippen LogP contribution in [0.2, 0.25) is 0 Å². The highest BCUT2D eigenvalue weighted by Crippen LogP contribution is 2.55. The van der Waals surface area contributed by atoms with Gasteiger partial charge in [0.15, 0.2) is 0 Å². The van der Waals surface area contributed by atoms with Crippen molar-refractivity contribution in [2.24, 2.45) is 0 Å². The summed E-state index contributed by atoms with van der Waals surface area (Å²) < 4.78 is 12.7. The van der Waals surface area contributed by atoms with Gasteiger partial charge < -0.3 is 14.6 Å². The molecule has 1 N–H and O–H groups in total. The van der Waals surface area contributed by atoms with Crippen LogP contribution in [-0.2, 0) is 17.6 Å². The molecule has 0 aromatic heterocycles. The molecule has 1 aromatic carbocycles. The number of carboxylic acid groups (broad SMARTS) is 1. The van der Waals surface area contributed by atoms with Crippen molar-refractivity contribution < 1.29 is 19.4 Å². The number of allylic oxidation sites excluding steroid dienone is 2. The van der Waals surface area contributed by atoms with Crippen LogP contribution in [-0.4, -0.2) is 23.3 Å². The normalized spacial score (nSPS) is 24.9. The van der Waals surface area contributed by atoms with Gasteiger partial charge in [-0.15, -0.1) is 0 Å². The van der Waals surface area contributed by atoms with Gasteiger partial charge >= 0.3 is 5.97 Å². The van der Waals surface area contributed by atoms with Gasteiger partial charge in [0.05, 0.1) is 6.61 Å². The summed E-state index contributed by atoms with van der Waals surface area (Å²) in [6.45, 7) is 7.18. The predicted molar refractivity (Wildman–Crippen MR) is 109 cm³/mol. The van der Waals surface area contributed by atoms with Gasteiger partial charge in [-0.2, -0.15) is 0 Å². The number of aryl methyl sites for hydroxylation is 1. The second-order valence-electron chi connectivity index (χ2n) is 8.37. The van der Waals surface area contributed by atoms with E-state index in [9.17, 15) is 9.90 Å². The summed E-state index contributed by atoms with van der Waals surface area (Å²) in [7, 11) is 0. The van der Waals surface area contributed by atoms with E-state index >= 15 is 0 Å². The molecular weight excluding hydrogens is 352 g/mol. The first-order valence-electron chi connectivity index (χ1n) is 10.6. The first kappa shape index (κ1) is 19.1. The van der Waals surface area contributed by atoms with E-state index in [1.165, 1.54) is 36.0 Å². The van der Waals surface area contributed by atoms with E-state index in [0.717, 1.165) is 36.3 Å². The minimum absolute atomic E-state index is 0.0151. The molecule has 28 heavy (non-hydrogen) atoms. The minimum Gasteiger partial charge on any atom is -0.492 e. The van der Waals surface area contributed by atoms with Crippen LogP contribution in [0.15, 0.2) is 29.4 Å². The van der Waals surface area contributed by atoms with Crippen molar-refractivity contribution in [2.75, 3.05) is 6.61 Å². The third kappa shape index (κ3) is 3.03. The maximum atomic E-state index is 11.6. The maximum Gasteiger partial charge on any atom is 0.331 e. The average Bonchev–Trinajstić information content (AvgIpc) is 3.17. The number of rotatable bonds is 6. The maximum absolute atomic E-state index is 11.6. The minimum atomic E-state index is -0.838. The van der Waals surface area contributed by atoms with Crippen LogP contribution in [0.5, 0.6) is 11.5 Å². The highest BCUT2D eigenvalue weighted by atomic mass is 16.5. The second-order valence-corrected chi connectivity index (χ2v) is 8.37. The van der Waals surface area contributed by atoms with Crippen molar-refractivity contribution in [3.8, 4) is 11.5 Å². The number of ether oxygens (including phenoxy) is 2. The lowest BCUT2D eigenvalue weighted by Gasteiger charge is -2.44. The number of carboxylic acids is 1. The lowest BCUT2D eigenvalue weighted by molar-refractivity contribution is -0.132. The third-order valence-corrected chi connectivity index (χ3v) is 6.63. The van der Waals surface area contributed by atoms with Gasteiger partial charge in [0, 0.05) is 29.0 Å². The smallest absolute Gasteiger partial charge is 0.331 e. The lowest BCUT2D eigenvalue weighted by Crippen LogP contribution is -2.41. The Morgan fingerprint density at radius 3 is 2.82 bits per heavy atom. The molecule has 4 rings (SSSR count). The van der Waals surface area contributed by atoms with E-state index in [-0.39, 0.29) is 5.92 Å². The molecule has 0 radical (unpaired) electrons. The highest BCUT2D eigenvalue weighted by Gasteiger charge is 2.45. The summed E-state index contributed by atoms with van der Waals surface area (Å²) in [6.07, 6.45) is 10.6. The molecular formula is C24H30O4. The Labute approximate surface area is 167 Å². The van der Waals surface area contributed by atoms with E-state index in [4.69, 9.17) is 9.47 Å². The van der Waals surface area contributed by atoms with Gasteiger partial charge in [0.2, 0.25) is 0 Å². The Morgan fingerprint density at radius 1 is 1.29 bits per heavy atom. The number of aliphatic carboxylic acids is 1. The monoisotopic (exact) mass is 382 g/mol. The van der Waals surface area contributed by atoms with Crippen molar-refractivity contribution in [3.05, 3.63) is 46.1 Å². The SMILES string of the molecule is CCCCCc1cc2c(c3c1CCO3)C1CC(C(=O)O)=CC=C1C(C)(CC)O2. The summed E-state index contributed by atoms with van der Waals surface area (Å²) in [5, 5.41) is 9.56. The zero-order valence-electron chi connectivity index (χ0n) is 17.1. The first-order valence-corrected chi connectivity index (χ1v) is 10.6. The first-order chi connectivity index (χ1) is 13.5. The molecule has 0 amide bonds. The quantitative estimate of drug-likeness (QED) is 0.675. The fourth-order valence-electron chi connectivity index (χ4n) is 4.88. The van der Waals surface area contributed by atoms with Crippen LogP contribution in [0.3, 0.4) is 0 Å². The Balaban J connectivity index is 1.83. The van der Waals surface area contributed by atoms with Crippen molar-refractivity contribution in [1.29, 1.82) is 0 Å². The number of hydrogen-bond donors (Lipinski definition) is 1. The highest BCUT2D eigenvalue weighted by molar-refractivity contribution is 5.88. The molecule has 1 aliphatic carbocycles. The Hall–Kier alpha value is -2.23. The summed E-state index contributed by atoms with van der Waals surface area (Å²) >= 11 is 0. The molecule has 4 heteroatoms. The zero-order valence-corrected chi connectivity index (χ0v) is 17.1. The standard InChI is InChI=1S/C24H30O4/c1-4-6-7-8-15-14-20-21(22-17(15)11-12-27-22)18-13-16(23(25)26)9-10-19(18)24(3,5-2)28-20/h9-10,14,18H,4-8,11-13H2,1-3H3,(H,25,26). The molecule has 0 saturated carbocycles. The van der Waals surface area contributed by atoms with E-state index in [2.05, 4.69) is 26.8 Å². The number of carbonyl (C=O) groups is 1. The fraction of sp³-hybridized carbons (Fsp3) is 0.542. The number of hydrogen-bond acceptors (Lipinski definition) is 3. The number of fused-ring (bicyclic) bond motifs is 5. The third-order valence-electron chi connectivity index (χ3n) is 6.63. The van der Waals surface area contributed by atoms with Gasteiger partial charge in [0.1, 0.15) is 17.1 Å². The van der Waals surface area contributed by atoms with E-state index in [0.29, 0.717) is 18.6 Å². The molecule has 0 saturated heterocycles. The molecule has 3 aliphatic rings. The van der Waals surface area contributed by atoms with Crippen LogP contribution in [0.1, 0.15) is 75.5 Å². The molecule has 2 unspecified atom stereocenters. The number of unbranched alkanes of at least 4 members (excludes halogenated alkanes) is 2. The van der Waals surface area contributed by atoms with Gasteiger partial charge in [0.25, 0.3) is 0 Å². The molecule has 150 valence electrons. The van der Waals surface area contributed by atoms with Crippen molar-refractivity contribution in [1.82, 2.24) is 0 Å². The Morgan fingerprint density at radius 2 is 2.11 bits per heavy atom. The van der Waals surface area contributed by atoms with Crippen molar-refractivity contribution >= 4 is 5.97 Å². The Kier molecular flexibility index (Phi) is 4.98. The summed E-state index contributed by atoms with van der Waals surface area (Å²) in [6, 6.07) is 2.22. The fourth-order valence-corrected chi connectivity index (χ4v) is 4.88. The van der Waals surface area contributed by atoms with Crippen LogP contribution in [0.25, 0.3) is 0 Å². The van der Waals surface area contributed by atoms with E-state index in [1.807, 2.05) is 6.08 Å². The van der Waals surface area contributed by atoms with Gasteiger partial charge in [-0.25, -0.2) is 4.79 Å². The summed E-state index contributed by atoms with van der Waals surface area (Å²) in [4.78, 5) is 11.6. The van der Waals surface area contributed by atoms with Crippen molar-refractivity contribution in [3.63, 3.8) is 0 Å². The molecule has 1 aromatic rings. The van der Waals surface area contributed by atoms with E-state index < -0.39 is 11.6 Å². The molecule has 0 fully saturated rings. The molecule has 0 bridgehead atoms. The molecule has 4 nitrogen and oxygen atoms in total. The molecule has 2 heterocycles. The summed E-state index contributed by atoms with van der Waals surface area (Å²) in [5.74, 6) is 1.03. The lowest BCUT2D eigenvalue weighted by atomic mass is 9.71. The second kappa shape index (κ2) is 7.31. The summed E-state index contributed by atoms with van der Waals surface area (Å²) in [5.41, 5.74) is 4.93. The van der Waals surface area contributed by atoms with Crippen LogP contribution < -0.4 is 9.47 Å².